The first-order valence-corrected chi connectivity index (χ1v) is 10.4. The van der Waals surface area contributed by atoms with E-state index in [9.17, 15) is 22.8 Å². The number of alkyl halides is 3. The van der Waals surface area contributed by atoms with Gasteiger partial charge in [0.05, 0.1) is 17.2 Å². The Morgan fingerprint density at radius 1 is 1.06 bits per heavy atom. The summed E-state index contributed by atoms with van der Waals surface area (Å²) in [6.07, 6.45) is -3.50. The van der Waals surface area contributed by atoms with Gasteiger partial charge in [-0.25, -0.2) is 20.2 Å². The van der Waals surface area contributed by atoms with Gasteiger partial charge in [0.2, 0.25) is 5.88 Å². The van der Waals surface area contributed by atoms with Gasteiger partial charge < -0.3 is 15.4 Å². The fourth-order valence-electron chi connectivity index (χ4n) is 2.78. The van der Waals surface area contributed by atoms with E-state index in [2.05, 4.69) is 26.1 Å². The number of nitrogens with zero attached hydrogens (tertiary/aromatic N) is 2. The zero-order chi connectivity index (χ0) is 25.6. The highest BCUT2D eigenvalue weighted by Crippen LogP contribution is 2.36. The number of benzene rings is 2. The molecule has 0 aliphatic rings. The minimum absolute atomic E-state index is 0.0333. The number of anilines is 2. The molecule has 13 heteroatoms. The van der Waals surface area contributed by atoms with Crippen LogP contribution in [-0.2, 0) is 11.0 Å². The Balaban J connectivity index is 1.66. The topological polar surface area (TPSA) is 114 Å². The Labute approximate surface area is 202 Å². The largest absolute Gasteiger partial charge is 0.439 e. The Morgan fingerprint density at radius 3 is 2.51 bits per heavy atom. The Hall–Kier alpha value is -3.90. The van der Waals surface area contributed by atoms with Crippen LogP contribution in [0.1, 0.15) is 28.5 Å². The second kappa shape index (κ2) is 11.0. The standard InChI is InChI=1S/C22H19ClF3N5O4/c1-3-34-31-20(32)18-10-19(28-11-27-18)35-14-5-7-17(12(2)8-14)30-21(33)29-13-4-6-16(23)15(9-13)22(24,25)26/h4-11H,3H2,1-2H3,(H,31,32)(H2,29,30,33). The summed E-state index contributed by atoms with van der Waals surface area (Å²) in [5.41, 5.74) is 2.09. The molecular weight excluding hydrogens is 491 g/mol. The van der Waals surface area contributed by atoms with Crippen LogP contribution in [0.25, 0.3) is 0 Å². The van der Waals surface area contributed by atoms with Crippen LogP contribution in [0, 0.1) is 6.92 Å². The Kier molecular flexibility index (Phi) is 8.10. The zero-order valence-electron chi connectivity index (χ0n) is 18.4. The lowest BCUT2D eigenvalue weighted by Gasteiger charge is -2.14. The van der Waals surface area contributed by atoms with Crippen LogP contribution in [-0.4, -0.2) is 28.5 Å². The lowest BCUT2D eigenvalue weighted by atomic mass is 10.2. The summed E-state index contributed by atoms with van der Waals surface area (Å²) in [4.78, 5) is 36.9. The van der Waals surface area contributed by atoms with Gasteiger partial charge in [-0.05, 0) is 55.8 Å². The highest BCUT2D eigenvalue weighted by atomic mass is 35.5. The van der Waals surface area contributed by atoms with Crippen LogP contribution in [0.5, 0.6) is 11.6 Å². The van der Waals surface area contributed by atoms with E-state index in [0.717, 1.165) is 18.5 Å². The number of urea groups is 1. The van der Waals surface area contributed by atoms with Gasteiger partial charge in [0.1, 0.15) is 17.8 Å². The van der Waals surface area contributed by atoms with E-state index in [1.807, 2.05) is 0 Å². The Bertz CT molecular complexity index is 1240. The molecule has 3 amide bonds. The van der Waals surface area contributed by atoms with Crippen molar-refractivity contribution in [1.29, 1.82) is 0 Å². The molecule has 0 saturated heterocycles. The summed E-state index contributed by atoms with van der Waals surface area (Å²) in [5, 5.41) is 4.42. The minimum atomic E-state index is -4.66. The van der Waals surface area contributed by atoms with E-state index < -0.39 is 28.7 Å². The summed E-state index contributed by atoms with van der Waals surface area (Å²) in [6, 6.07) is 8.30. The first-order valence-electron chi connectivity index (χ1n) is 10.0. The number of rotatable bonds is 7. The summed E-state index contributed by atoms with van der Waals surface area (Å²) in [6.45, 7) is 3.68. The van der Waals surface area contributed by atoms with Crippen LogP contribution < -0.4 is 20.9 Å². The van der Waals surface area contributed by atoms with Gasteiger partial charge in [0.15, 0.2) is 0 Å². The van der Waals surface area contributed by atoms with Gasteiger partial charge in [-0.2, -0.15) is 13.2 Å². The van der Waals surface area contributed by atoms with Gasteiger partial charge in [-0.3, -0.25) is 9.63 Å². The molecule has 0 fully saturated rings. The summed E-state index contributed by atoms with van der Waals surface area (Å²) in [7, 11) is 0. The molecule has 9 nitrogen and oxygen atoms in total. The maximum Gasteiger partial charge on any atom is 0.417 e. The molecule has 0 aliphatic heterocycles. The van der Waals surface area contributed by atoms with Crippen LogP contribution in [0.2, 0.25) is 5.02 Å². The van der Waals surface area contributed by atoms with Crippen molar-refractivity contribution in [3.63, 3.8) is 0 Å². The second-order valence-corrected chi connectivity index (χ2v) is 7.36. The summed E-state index contributed by atoms with van der Waals surface area (Å²) < 4.78 is 44.7. The quantitative estimate of drug-likeness (QED) is 0.358. The molecule has 0 saturated carbocycles. The lowest BCUT2D eigenvalue weighted by Crippen LogP contribution is -2.24. The van der Waals surface area contributed by atoms with Gasteiger partial charge in [-0.1, -0.05) is 11.6 Å². The predicted molar refractivity (Wildman–Crippen MR) is 121 cm³/mol. The van der Waals surface area contributed by atoms with Gasteiger partial charge in [-0.15, -0.1) is 0 Å². The fraction of sp³-hybridized carbons (Fsp3) is 0.182. The Morgan fingerprint density at radius 2 is 1.83 bits per heavy atom. The third kappa shape index (κ3) is 7.04. The van der Waals surface area contributed by atoms with Gasteiger partial charge in [0, 0.05) is 17.4 Å². The van der Waals surface area contributed by atoms with Crippen molar-refractivity contribution in [3.8, 4) is 11.6 Å². The second-order valence-electron chi connectivity index (χ2n) is 6.96. The summed E-state index contributed by atoms with van der Waals surface area (Å²) in [5.74, 6) is -0.109. The molecule has 2 aromatic carbocycles. The van der Waals surface area contributed by atoms with Crippen molar-refractivity contribution < 1.29 is 32.3 Å². The van der Waals surface area contributed by atoms with E-state index in [4.69, 9.17) is 21.2 Å². The van der Waals surface area contributed by atoms with Crippen molar-refractivity contribution >= 4 is 34.9 Å². The number of nitrogens with one attached hydrogen (secondary N) is 3. The van der Waals surface area contributed by atoms with Crippen molar-refractivity contribution in [2.45, 2.75) is 20.0 Å². The number of hydroxylamine groups is 1. The van der Waals surface area contributed by atoms with Crippen LogP contribution in [0.15, 0.2) is 48.8 Å². The maximum atomic E-state index is 13.0. The third-order valence-electron chi connectivity index (χ3n) is 4.38. The van der Waals surface area contributed by atoms with E-state index >= 15 is 0 Å². The molecule has 3 rings (SSSR count). The molecule has 35 heavy (non-hydrogen) atoms. The number of aryl methyl sites for hydroxylation is 1. The molecule has 0 radical (unpaired) electrons. The van der Waals surface area contributed by atoms with Crippen LogP contribution in [0.4, 0.5) is 29.3 Å². The SMILES string of the molecule is CCONC(=O)c1cc(Oc2ccc(NC(=O)Nc3ccc(Cl)c(C(F)(F)F)c3)c(C)c2)ncn1. The maximum absolute atomic E-state index is 13.0. The van der Waals surface area contributed by atoms with E-state index in [-0.39, 0.29) is 23.9 Å². The van der Waals surface area contributed by atoms with Crippen LogP contribution in [0.3, 0.4) is 0 Å². The van der Waals surface area contributed by atoms with Crippen molar-refractivity contribution in [2.24, 2.45) is 0 Å². The fourth-order valence-corrected chi connectivity index (χ4v) is 3.00. The number of carbonyl (C=O) groups excluding carboxylic acids is 2. The molecule has 1 heterocycles. The average molecular weight is 510 g/mol. The highest BCUT2D eigenvalue weighted by molar-refractivity contribution is 6.31. The van der Waals surface area contributed by atoms with E-state index in [1.165, 1.54) is 24.3 Å². The first kappa shape index (κ1) is 25.7. The molecule has 184 valence electrons. The van der Waals surface area contributed by atoms with E-state index in [1.54, 1.807) is 19.9 Å². The van der Waals surface area contributed by atoms with Crippen molar-refractivity contribution in [3.05, 3.63) is 70.6 Å². The smallest absolute Gasteiger partial charge is 0.417 e. The molecule has 1 aromatic heterocycles. The number of aromatic nitrogens is 2. The minimum Gasteiger partial charge on any atom is -0.439 e. The number of carbonyl (C=O) groups is 2. The number of amides is 3. The predicted octanol–water partition coefficient (Wildman–Crippen LogP) is 5.57. The van der Waals surface area contributed by atoms with Crippen molar-refractivity contribution in [2.75, 3.05) is 17.2 Å². The monoisotopic (exact) mass is 509 g/mol. The highest BCUT2D eigenvalue weighted by Gasteiger charge is 2.33. The van der Waals surface area contributed by atoms with Gasteiger partial charge >= 0.3 is 12.2 Å². The molecule has 3 N–H and O–H groups in total. The van der Waals surface area contributed by atoms with E-state index in [0.29, 0.717) is 17.0 Å². The molecule has 3 aromatic rings. The number of hydrogen-bond acceptors (Lipinski definition) is 6. The molecular formula is C22H19ClF3N5O4. The number of halogens is 4. The normalized spacial score (nSPS) is 11.0. The third-order valence-corrected chi connectivity index (χ3v) is 4.71. The summed E-state index contributed by atoms with van der Waals surface area (Å²) >= 11 is 5.59. The molecule has 0 spiro atoms. The average Bonchev–Trinajstić information content (AvgIpc) is 2.80. The molecule has 0 bridgehead atoms. The zero-order valence-corrected chi connectivity index (χ0v) is 19.1. The molecule has 0 atom stereocenters. The molecule has 0 unspecified atom stereocenters. The van der Waals surface area contributed by atoms with Gasteiger partial charge in [0.25, 0.3) is 5.91 Å². The van der Waals surface area contributed by atoms with Crippen LogP contribution >= 0.6 is 11.6 Å². The lowest BCUT2D eigenvalue weighted by molar-refractivity contribution is -0.137. The molecule has 0 aliphatic carbocycles. The van der Waals surface area contributed by atoms with Crippen molar-refractivity contribution in [1.82, 2.24) is 15.4 Å². The first-order chi connectivity index (χ1) is 16.6. The number of hydrogen-bond donors (Lipinski definition) is 3. The number of ether oxygens (including phenoxy) is 1.